The lowest BCUT2D eigenvalue weighted by atomic mass is 10.0. The van der Waals surface area contributed by atoms with Gasteiger partial charge in [0.15, 0.2) is 0 Å². The number of halogens is 1. The first-order valence-corrected chi connectivity index (χ1v) is 7.12. The molecule has 0 saturated carbocycles. The van der Waals surface area contributed by atoms with Gasteiger partial charge >= 0.3 is 0 Å². The van der Waals surface area contributed by atoms with Gasteiger partial charge in [0.2, 0.25) is 0 Å². The summed E-state index contributed by atoms with van der Waals surface area (Å²) in [6.07, 6.45) is 4.57. The van der Waals surface area contributed by atoms with Crippen LogP contribution in [0.15, 0.2) is 18.3 Å². The summed E-state index contributed by atoms with van der Waals surface area (Å²) in [5.74, 6) is 1.85. The molecule has 0 N–H and O–H groups in total. The zero-order valence-electron chi connectivity index (χ0n) is 9.99. The largest absolute Gasteiger partial charge is 0.353 e. The molecule has 2 rings (SSSR count). The molecule has 0 bridgehead atoms. The minimum absolute atomic E-state index is 0.669. The summed E-state index contributed by atoms with van der Waals surface area (Å²) < 4.78 is 0. The molecule has 0 aliphatic carbocycles. The second-order valence-corrected chi connectivity index (χ2v) is 5.37. The van der Waals surface area contributed by atoms with Crippen LogP contribution in [0.2, 0.25) is 0 Å². The summed E-state index contributed by atoms with van der Waals surface area (Å²) in [5, 5.41) is 0.883. The molecule has 88 valence electrons. The van der Waals surface area contributed by atoms with Crippen LogP contribution in [0.5, 0.6) is 0 Å². The van der Waals surface area contributed by atoms with Gasteiger partial charge in [-0.25, -0.2) is 4.98 Å². The Hall–Kier alpha value is -0.570. The quantitative estimate of drug-likeness (QED) is 0.788. The van der Waals surface area contributed by atoms with Crippen molar-refractivity contribution in [3.05, 3.63) is 23.9 Å². The van der Waals surface area contributed by atoms with Crippen molar-refractivity contribution in [2.24, 2.45) is 5.92 Å². The molecule has 0 spiro atoms. The molecule has 1 aliphatic rings. The fourth-order valence-electron chi connectivity index (χ4n) is 2.44. The van der Waals surface area contributed by atoms with Crippen molar-refractivity contribution in [2.45, 2.75) is 38.1 Å². The average molecular weight is 283 g/mol. The van der Waals surface area contributed by atoms with Crippen molar-refractivity contribution in [3.63, 3.8) is 0 Å². The SMILES string of the molecule is CC(C)C1CCCN1c1ccc(CBr)cn1. The van der Waals surface area contributed by atoms with E-state index >= 15 is 0 Å². The third kappa shape index (κ3) is 2.40. The molecule has 1 aromatic rings. The topological polar surface area (TPSA) is 16.1 Å². The van der Waals surface area contributed by atoms with Crippen molar-refractivity contribution in [1.29, 1.82) is 0 Å². The lowest BCUT2D eigenvalue weighted by molar-refractivity contribution is 0.489. The monoisotopic (exact) mass is 282 g/mol. The summed E-state index contributed by atoms with van der Waals surface area (Å²) >= 11 is 3.45. The van der Waals surface area contributed by atoms with Gasteiger partial charge in [-0.05, 0) is 30.4 Å². The first kappa shape index (κ1) is 11.9. The minimum atomic E-state index is 0.669. The number of hydrogen-bond donors (Lipinski definition) is 0. The molecule has 1 unspecified atom stereocenters. The van der Waals surface area contributed by atoms with Crippen LogP contribution in [-0.4, -0.2) is 17.6 Å². The number of nitrogens with zero attached hydrogens (tertiary/aromatic N) is 2. The maximum Gasteiger partial charge on any atom is 0.128 e. The molecule has 2 nitrogen and oxygen atoms in total. The van der Waals surface area contributed by atoms with Gasteiger partial charge in [0.05, 0.1) is 0 Å². The number of aromatic nitrogens is 1. The highest BCUT2D eigenvalue weighted by Crippen LogP contribution is 2.28. The fourth-order valence-corrected chi connectivity index (χ4v) is 2.77. The summed E-state index contributed by atoms with van der Waals surface area (Å²) in [4.78, 5) is 7.02. The van der Waals surface area contributed by atoms with Gasteiger partial charge in [0.1, 0.15) is 5.82 Å². The zero-order chi connectivity index (χ0) is 11.5. The average Bonchev–Trinajstić information content (AvgIpc) is 2.78. The van der Waals surface area contributed by atoms with Crippen molar-refractivity contribution in [3.8, 4) is 0 Å². The normalized spacial score (nSPS) is 20.8. The van der Waals surface area contributed by atoms with Gasteiger partial charge in [-0.2, -0.15) is 0 Å². The number of hydrogen-bond acceptors (Lipinski definition) is 2. The third-order valence-corrected chi connectivity index (χ3v) is 3.97. The van der Waals surface area contributed by atoms with Crippen LogP contribution in [0.3, 0.4) is 0 Å². The summed E-state index contributed by atoms with van der Waals surface area (Å²) in [6.45, 7) is 5.76. The molecule has 2 heterocycles. The Kier molecular flexibility index (Phi) is 3.85. The maximum atomic E-state index is 4.56. The predicted molar refractivity (Wildman–Crippen MR) is 72.1 cm³/mol. The van der Waals surface area contributed by atoms with Crippen LogP contribution in [0.1, 0.15) is 32.3 Å². The second kappa shape index (κ2) is 5.17. The first-order valence-electron chi connectivity index (χ1n) is 6.00. The van der Waals surface area contributed by atoms with E-state index in [1.807, 2.05) is 6.20 Å². The van der Waals surface area contributed by atoms with Crippen LogP contribution in [0.4, 0.5) is 5.82 Å². The van der Waals surface area contributed by atoms with Crippen LogP contribution in [0.25, 0.3) is 0 Å². The van der Waals surface area contributed by atoms with E-state index in [2.05, 4.69) is 51.8 Å². The smallest absolute Gasteiger partial charge is 0.128 e. The molecule has 1 fully saturated rings. The highest BCUT2D eigenvalue weighted by atomic mass is 79.9. The van der Waals surface area contributed by atoms with Crippen molar-refractivity contribution >= 4 is 21.7 Å². The molecule has 1 aliphatic heterocycles. The van der Waals surface area contributed by atoms with E-state index < -0.39 is 0 Å². The first-order chi connectivity index (χ1) is 7.72. The number of rotatable bonds is 3. The molecule has 0 radical (unpaired) electrons. The maximum absolute atomic E-state index is 4.56. The van der Waals surface area contributed by atoms with E-state index in [4.69, 9.17) is 0 Å². The fraction of sp³-hybridized carbons (Fsp3) is 0.615. The second-order valence-electron chi connectivity index (χ2n) is 4.81. The molecule has 3 heteroatoms. The molecule has 0 aromatic carbocycles. The van der Waals surface area contributed by atoms with E-state index in [-0.39, 0.29) is 0 Å². The van der Waals surface area contributed by atoms with Crippen molar-refractivity contribution < 1.29 is 0 Å². The van der Waals surface area contributed by atoms with E-state index in [9.17, 15) is 0 Å². The third-order valence-electron chi connectivity index (χ3n) is 3.33. The summed E-state index contributed by atoms with van der Waals surface area (Å²) in [5.41, 5.74) is 1.24. The summed E-state index contributed by atoms with van der Waals surface area (Å²) in [7, 11) is 0. The Morgan fingerprint density at radius 3 is 2.88 bits per heavy atom. The van der Waals surface area contributed by atoms with Gasteiger partial charge in [-0.15, -0.1) is 0 Å². The molecular weight excluding hydrogens is 264 g/mol. The van der Waals surface area contributed by atoms with Crippen LogP contribution < -0.4 is 4.90 Å². The Morgan fingerprint density at radius 1 is 1.50 bits per heavy atom. The Bertz CT molecular complexity index is 334. The number of pyridine rings is 1. The highest BCUT2D eigenvalue weighted by Gasteiger charge is 2.27. The molecule has 1 aromatic heterocycles. The van der Waals surface area contributed by atoms with E-state index in [0.717, 1.165) is 17.7 Å². The highest BCUT2D eigenvalue weighted by molar-refractivity contribution is 9.08. The Balaban J connectivity index is 2.16. The van der Waals surface area contributed by atoms with E-state index in [1.165, 1.54) is 18.4 Å². The van der Waals surface area contributed by atoms with E-state index in [1.54, 1.807) is 0 Å². The predicted octanol–water partition coefficient (Wildman–Crippen LogP) is 3.60. The van der Waals surface area contributed by atoms with E-state index in [0.29, 0.717) is 12.0 Å². The molecule has 1 atom stereocenters. The minimum Gasteiger partial charge on any atom is -0.353 e. The van der Waals surface area contributed by atoms with Crippen LogP contribution in [0, 0.1) is 5.92 Å². The van der Waals surface area contributed by atoms with Gasteiger partial charge in [0, 0.05) is 24.1 Å². The lowest BCUT2D eigenvalue weighted by Crippen LogP contribution is -2.33. The van der Waals surface area contributed by atoms with Gasteiger partial charge in [0.25, 0.3) is 0 Å². The van der Waals surface area contributed by atoms with Gasteiger partial charge < -0.3 is 4.90 Å². The van der Waals surface area contributed by atoms with Crippen LogP contribution >= 0.6 is 15.9 Å². The van der Waals surface area contributed by atoms with Crippen molar-refractivity contribution in [2.75, 3.05) is 11.4 Å². The van der Waals surface area contributed by atoms with Crippen LogP contribution in [-0.2, 0) is 5.33 Å². The Labute approximate surface area is 106 Å². The molecule has 0 amide bonds. The standard InChI is InChI=1S/C13H19BrN2/c1-10(2)12-4-3-7-16(12)13-6-5-11(8-14)9-15-13/h5-6,9-10,12H,3-4,7-8H2,1-2H3. The zero-order valence-corrected chi connectivity index (χ0v) is 11.6. The van der Waals surface area contributed by atoms with Gasteiger partial charge in [-0.3, -0.25) is 0 Å². The Morgan fingerprint density at radius 2 is 2.31 bits per heavy atom. The lowest BCUT2D eigenvalue weighted by Gasteiger charge is -2.28. The molecule has 1 saturated heterocycles. The molecular formula is C13H19BrN2. The van der Waals surface area contributed by atoms with Gasteiger partial charge in [-0.1, -0.05) is 35.8 Å². The van der Waals surface area contributed by atoms with Crippen molar-refractivity contribution in [1.82, 2.24) is 4.98 Å². The number of alkyl halides is 1. The molecule has 16 heavy (non-hydrogen) atoms. The summed E-state index contributed by atoms with van der Waals surface area (Å²) in [6, 6.07) is 4.98. The number of anilines is 1.